The SMILES string of the molecule is Cc1nc(-c2ccc3ccnc(NCCC(=O)Nc4nc(C)c(C5(C(F)(F)F)CC5)s4)c3c2)no1. The molecule has 35 heavy (non-hydrogen) atoms. The summed E-state index contributed by atoms with van der Waals surface area (Å²) in [5.41, 5.74) is -0.727. The number of benzene rings is 1. The number of anilines is 2. The van der Waals surface area contributed by atoms with E-state index in [9.17, 15) is 18.0 Å². The predicted octanol–water partition coefficient (Wildman–Crippen LogP) is 5.39. The van der Waals surface area contributed by atoms with Crippen molar-refractivity contribution in [2.24, 2.45) is 0 Å². The van der Waals surface area contributed by atoms with Crippen LogP contribution in [-0.4, -0.2) is 38.7 Å². The van der Waals surface area contributed by atoms with Gasteiger partial charge < -0.3 is 15.2 Å². The Bertz CT molecular complexity index is 1410. The fourth-order valence-corrected chi connectivity index (χ4v) is 5.25. The molecule has 0 radical (unpaired) electrons. The molecule has 3 aromatic heterocycles. The highest BCUT2D eigenvalue weighted by Crippen LogP contribution is 2.61. The van der Waals surface area contributed by atoms with E-state index in [0.717, 1.165) is 27.7 Å². The van der Waals surface area contributed by atoms with Crippen molar-refractivity contribution in [3.05, 3.63) is 46.9 Å². The van der Waals surface area contributed by atoms with E-state index in [2.05, 4.69) is 30.7 Å². The van der Waals surface area contributed by atoms with E-state index in [-0.39, 0.29) is 41.7 Å². The molecular formula is C23H21F3N6O2S. The van der Waals surface area contributed by atoms with Crippen molar-refractivity contribution in [2.45, 2.75) is 44.7 Å². The number of halogens is 3. The topological polar surface area (TPSA) is 106 Å². The molecule has 3 heterocycles. The lowest BCUT2D eigenvalue weighted by molar-refractivity contribution is -0.160. The molecule has 0 bridgehead atoms. The number of aromatic nitrogens is 4. The Morgan fingerprint density at radius 1 is 1.20 bits per heavy atom. The summed E-state index contributed by atoms with van der Waals surface area (Å²) in [6.07, 6.45) is -2.45. The van der Waals surface area contributed by atoms with Crippen molar-refractivity contribution in [2.75, 3.05) is 17.2 Å². The van der Waals surface area contributed by atoms with Crippen molar-refractivity contribution in [3.8, 4) is 11.4 Å². The molecule has 182 valence electrons. The van der Waals surface area contributed by atoms with Crippen LogP contribution in [0.1, 0.15) is 35.7 Å². The van der Waals surface area contributed by atoms with Crippen molar-refractivity contribution in [1.29, 1.82) is 0 Å². The summed E-state index contributed by atoms with van der Waals surface area (Å²) in [5.74, 6) is 1.17. The van der Waals surface area contributed by atoms with Gasteiger partial charge in [-0.3, -0.25) is 4.79 Å². The molecule has 0 unspecified atom stereocenters. The first kappa shape index (κ1) is 23.2. The summed E-state index contributed by atoms with van der Waals surface area (Å²) in [4.78, 5) is 25.4. The smallest absolute Gasteiger partial charge is 0.369 e. The zero-order valence-corrected chi connectivity index (χ0v) is 19.7. The van der Waals surface area contributed by atoms with Gasteiger partial charge in [0.15, 0.2) is 5.13 Å². The van der Waals surface area contributed by atoms with E-state index in [1.54, 1.807) is 20.0 Å². The highest BCUT2D eigenvalue weighted by Gasteiger charge is 2.65. The van der Waals surface area contributed by atoms with Crippen molar-refractivity contribution in [1.82, 2.24) is 20.1 Å². The number of alkyl halides is 3. The number of thiazole rings is 1. The molecule has 2 N–H and O–H groups in total. The lowest BCUT2D eigenvalue weighted by atomic mass is 10.0. The second-order valence-corrected chi connectivity index (χ2v) is 9.47. The fraction of sp³-hybridized carbons (Fsp3) is 0.348. The van der Waals surface area contributed by atoms with E-state index in [0.29, 0.717) is 23.2 Å². The molecule has 8 nitrogen and oxygen atoms in total. The average molecular weight is 503 g/mol. The minimum absolute atomic E-state index is 0.0584. The van der Waals surface area contributed by atoms with Gasteiger partial charge in [0, 0.05) is 41.9 Å². The molecule has 1 aromatic carbocycles. The second kappa shape index (κ2) is 8.59. The number of hydrogen-bond acceptors (Lipinski definition) is 8. The van der Waals surface area contributed by atoms with Gasteiger partial charge in [0.25, 0.3) is 0 Å². The van der Waals surface area contributed by atoms with Gasteiger partial charge in [-0.25, -0.2) is 9.97 Å². The number of nitrogens with one attached hydrogen (secondary N) is 2. The van der Waals surface area contributed by atoms with Gasteiger partial charge in [-0.1, -0.05) is 17.3 Å². The van der Waals surface area contributed by atoms with Crippen LogP contribution >= 0.6 is 11.3 Å². The average Bonchev–Trinajstić information content (AvgIpc) is 3.39. The Labute approximate surface area is 202 Å². The van der Waals surface area contributed by atoms with Gasteiger partial charge in [-0.2, -0.15) is 18.2 Å². The lowest BCUT2D eigenvalue weighted by Crippen LogP contribution is -2.28. The summed E-state index contributed by atoms with van der Waals surface area (Å²) in [7, 11) is 0. The van der Waals surface area contributed by atoms with E-state index in [1.807, 2.05) is 24.3 Å². The Morgan fingerprint density at radius 2 is 2.00 bits per heavy atom. The van der Waals surface area contributed by atoms with Crippen LogP contribution in [0.2, 0.25) is 0 Å². The Balaban J connectivity index is 1.24. The summed E-state index contributed by atoms with van der Waals surface area (Å²) < 4.78 is 45.4. The first-order valence-electron chi connectivity index (χ1n) is 10.9. The number of pyridine rings is 1. The van der Waals surface area contributed by atoms with E-state index >= 15 is 0 Å². The highest BCUT2D eigenvalue weighted by molar-refractivity contribution is 7.16. The van der Waals surface area contributed by atoms with Crippen LogP contribution in [0.4, 0.5) is 24.1 Å². The highest BCUT2D eigenvalue weighted by atomic mass is 32.1. The number of nitrogens with zero attached hydrogens (tertiary/aromatic N) is 4. The molecule has 0 saturated heterocycles. The zero-order chi connectivity index (χ0) is 24.8. The van der Waals surface area contributed by atoms with Gasteiger partial charge in [-0.15, -0.1) is 11.3 Å². The van der Waals surface area contributed by atoms with Gasteiger partial charge in [-0.05, 0) is 37.3 Å². The van der Waals surface area contributed by atoms with Gasteiger partial charge >= 0.3 is 6.18 Å². The Kier molecular flexibility index (Phi) is 5.70. The maximum absolute atomic E-state index is 13.5. The van der Waals surface area contributed by atoms with Crippen LogP contribution in [0, 0.1) is 13.8 Å². The second-order valence-electron chi connectivity index (χ2n) is 8.47. The largest absolute Gasteiger partial charge is 0.399 e. The number of hydrogen-bond donors (Lipinski definition) is 2. The first-order chi connectivity index (χ1) is 16.7. The fourth-order valence-electron chi connectivity index (χ4n) is 4.00. The lowest BCUT2D eigenvalue weighted by Gasteiger charge is -2.17. The molecule has 0 spiro atoms. The van der Waals surface area contributed by atoms with Crippen molar-refractivity contribution < 1.29 is 22.5 Å². The third-order valence-electron chi connectivity index (χ3n) is 5.97. The number of rotatable bonds is 7. The first-order valence-corrected chi connectivity index (χ1v) is 11.8. The molecule has 4 aromatic rings. The van der Waals surface area contributed by atoms with Gasteiger partial charge in [0.1, 0.15) is 11.2 Å². The number of amides is 1. The van der Waals surface area contributed by atoms with Crippen LogP contribution < -0.4 is 10.6 Å². The molecule has 5 rings (SSSR count). The van der Waals surface area contributed by atoms with Crippen LogP contribution in [0.25, 0.3) is 22.2 Å². The number of carbonyl (C=O) groups excluding carboxylic acids is 1. The van der Waals surface area contributed by atoms with E-state index in [4.69, 9.17) is 4.52 Å². The maximum atomic E-state index is 13.5. The summed E-state index contributed by atoms with van der Waals surface area (Å²) in [6.45, 7) is 3.53. The number of aryl methyl sites for hydroxylation is 2. The molecule has 1 aliphatic rings. The van der Waals surface area contributed by atoms with Gasteiger partial charge in [0.2, 0.25) is 17.6 Å². The quantitative estimate of drug-likeness (QED) is 0.349. The monoisotopic (exact) mass is 502 g/mol. The van der Waals surface area contributed by atoms with Crippen LogP contribution in [-0.2, 0) is 10.2 Å². The predicted molar refractivity (Wildman–Crippen MR) is 125 cm³/mol. The van der Waals surface area contributed by atoms with Crippen molar-refractivity contribution in [3.63, 3.8) is 0 Å². The summed E-state index contributed by atoms with van der Waals surface area (Å²) >= 11 is 0.902. The number of fused-ring (bicyclic) bond motifs is 1. The molecule has 1 fully saturated rings. The molecule has 0 aliphatic heterocycles. The summed E-state index contributed by atoms with van der Waals surface area (Å²) in [5, 5.41) is 11.7. The zero-order valence-electron chi connectivity index (χ0n) is 18.9. The van der Waals surface area contributed by atoms with Crippen LogP contribution in [0.15, 0.2) is 35.0 Å². The van der Waals surface area contributed by atoms with Crippen LogP contribution in [0.3, 0.4) is 0 Å². The summed E-state index contributed by atoms with van der Waals surface area (Å²) in [6, 6.07) is 7.57. The third kappa shape index (κ3) is 4.45. The third-order valence-corrected chi connectivity index (χ3v) is 7.24. The maximum Gasteiger partial charge on any atom is 0.399 e. The molecular weight excluding hydrogens is 481 g/mol. The minimum Gasteiger partial charge on any atom is -0.369 e. The minimum atomic E-state index is -4.32. The standard InChI is InChI=1S/C23H21F3N6O2S/c1-12-18(22(7-8-22)23(24,25)26)35-21(29-12)31-17(33)6-10-28-20-16-11-15(19-30-13(2)34-32-19)4-3-14(16)5-9-27-20/h3-5,9,11H,6-8,10H2,1-2H3,(H,27,28)(H,29,31,33). The van der Waals surface area contributed by atoms with Crippen LogP contribution in [0.5, 0.6) is 0 Å². The molecule has 12 heteroatoms. The Morgan fingerprint density at radius 3 is 2.69 bits per heavy atom. The molecule has 0 atom stereocenters. The molecule has 1 aliphatic carbocycles. The van der Waals surface area contributed by atoms with Gasteiger partial charge in [0.05, 0.1) is 5.69 Å². The number of carbonyl (C=O) groups is 1. The Hall–Kier alpha value is -3.54. The van der Waals surface area contributed by atoms with Crippen molar-refractivity contribution >= 4 is 39.0 Å². The molecule has 1 amide bonds. The van der Waals surface area contributed by atoms with E-state index in [1.165, 1.54) is 0 Å². The van der Waals surface area contributed by atoms with E-state index < -0.39 is 11.6 Å². The normalized spacial score (nSPS) is 14.8. The molecule has 1 saturated carbocycles.